The summed E-state index contributed by atoms with van der Waals surface area (Å²) in [5, 5.41) is 17.6. The maximum Gasteiger partial charge on any atom is 0.335 e. The van der Waals surface area contributed by atoms with Crippen LogP contribution >= 0.6 is 0 Å². The second-order valence-corrected chi connectivity index (χ2v) is 5.53. The summed E-state index contributed by atoms with van der Waals surface area (Å²) in [5.74, 6) is -0.629. The van der Waals surface area contributed by atoms with Gasteiger partial charge in [-0.3, -0.25) is 0 Å². The van der Waals surface area contributed by atoms with Crippen molar-refractivity contribution in [2.24, 2.45) is 0 Å². The van der Waals surface area contributed by atoms with Crippen molar-refractivity contribution < 1.29 is 9.90 Å². The van der Waals surface area contributed by atoms with Crippen molar-refractivity contribution in [2.75, 3.05) is 0 Å². The normalized spacial score (nSPS) is 11.9. The first-order chi connectivity index (χ1) is 10.5. The van der Waals surface area contributed by atoms with E-state index in [1.165, 1.54) is 6.21 Å². The molecule has 0 radical (unpaired) electrons. The van der Waals surface area contributed by atoms with Gasteiger partial charge in [-0.2, -0.15) is 0 Å². The van der Waals surface area contributed by atoms with Gasteiger partial charge in [-0.1, -0.05) is 32.6 Å². The monoisotopic (exact) mass is 296 g/mol. The van der Waals surface area contributed by atoms with Crippen molar-refractivity contribution >= 4 is 23.1 Å². The molecule has 1 heterocycles. The van der Waals surface area contributed by atoms with Crippen molar-refractivity contribution in [1.29, 1.82) is 5.41 Å². The Balaban J connectivity index is 2.61. The van der Waals surface area contributed by atoms with Gasteiger partial charge in [-0.05, 0) is 35.3 Å². The number of hydrogen-bond acceptors (Lipinski definition) is 2. The second-order valence-electron chi connectivity index (χ2n) is 5.53. The number of carboxylic acid groups (broad SMARTS) is 1. The highest BCUT2D eigenvalue weighted by Crippen LogP contribution is 2.29. The van der Waals surface area contributed by atoms with Crippen LogP contribution in [0.3, 0.4) is 0 Å². The predicted octanol–water partition coefficient (Wildman–Crippen LogP) is 4.22. The molecule has 0 unspecified atom stereocenters. The molecule has 0 amide bonds. The Labute approximate surface area is 129 Å². The van der Waals surface area contributed by atoms with Crippen LogP contribution in [0.1, 0.15) is 35.7 Å². The Hall–Kier alpha value is -2.62. The van der Waals surface area contributed by atoms with Gasteiger partial charge >= 0.3 is 5.97 Å². The fraction of sp³-hybridized carbons (Fsp3) is 0.222. The molecule has 4 nitrogen and oxygen atoms in total. The van der Waals surface area contributed by atoms with Gasteiger partial charge in [0.05, 0.1) is 5.56 Å². The Morgan fingerprint density at radius 1 is 1.45 bits per heavy atom. The summed E-state index contributed by atoms with van der Waals surface area (Å²) in [5.41, 5.74) is 3.22. The molecule has 0 fully saturated rings. The van der Waals surface area contributed by atoms with Crippen LogP contribution in [-0.4, -0.2) is 21.9 Å². The molecule has 0 aliphatic carbocycles. The average Bonchev–Trinajstić information content (AvgIpc) is 2.85. The molecule has 0 spiro atoms. The highest BCUT2D eigenvalue weighted by atomic mass is 16.4. The standard InChI is InChI=1S/C18H20N2O2/c1-4-5-13(9-19)10-20-11-16(12(2)3)15-8-14(18(21)22)6-7-17(15)20/h4-9,11-12,19H,1,10H2,2-3H3,(H,21,22)/b13-5+,19-9?. The van der Waals surface area contributed by atoms with Crippen LogP contribution in [0.5, 0.6) is 0 Å². The van der Waals surface area contributed by atoms with Gasteiger partial charge in [0, 0.05) is 29.9 Å². The first-order valence-electron chi connectivity index (χ1n) is 7.16. The molecule has 0 atom stereocenters. The zero-order valence-electron chi connectivity index (χ0n) is 12.8. The van der Waals surface area contributed by atoms with Crippen molar-refractivity contribution in [3.63, 3.8) is 0 Å². The minimum absolute atomic E-state index is 0.291. The number of allylic oxidation sites excluding steroid dienone is 3. The molecule has 1 aromatic heterocycles. The molecule has 1 aromatic carbocycles. The number of aromatic carboxylic acids is 1. The summed E-state index contributed by atoms with van der Waals surface area (Å²) in [7, 11) is 0. The molecular formula is C18H20N2O2. The summed E-state index contributed by atoms with van der Waals surface area (Å²) in [4.78, 5) is 11.2. The zero-order valence-corrected chi connectivity index (χ0v) is 12.8. The van der Waals surface area contributed by atoms with E-state index in [9.17, 15) is 9.90 Å². The summed E-state index contributed by atoms with van der Waals surface area (Å²) >= 11 is 0. The van der Waals surface area contributed by atoms with Crippen LogP contribution in [0.4, 0.5) is 0 Å². The largest absolute Gasteiger partial charge is 0.478 e. The van der Waals surface area contributed by atoms with E-state index < -0.39 is 5.97 Å². The molecule has 4 heteroatoms. The number of nitrogens with one attached hydrogen (secondary N) is 1. The topological polar surface area (TPSA) is 66.1 Å². The predicted molar refractivity (Wildman–Crippen MR) is 90.1 cm³/mol. The maximum absolute atomic E-state index is 11.2. The molecular weight excluding hydrogens is 276 g/mol. The van der Waals surface area contributed by atoms with Gasteiger partial charge in [0.1, 0.15) is 0 Å². The Bertz CT molecular complexity index is 767. The van der Waals surface area contributed by atoms with E-state index in [2.05, 4.69) is 25.0 Å². The Morgan fingerprint density at radius 2 is 2.18 bits per heavy atom. The van der Waals surface area contributed by atoms with E-state index in [-0.39, 0.29) is 0 Å². The van der Waals surface area contributed by atoms with E-state index in [0.717, 1.165) is 22.0 Å². The summed E-state index contributed by atoms with van der Waals surface area (Å²) in [6, 6.07) is 5.18. The third kappa shape index (κ3) is 3.01. The van der Waals surface area contributed by atoms with Crippen LogP contribution < -0.4 is 0 Å². The van der Waals surface area contributed by atoms with E-state index >= 15 is 0 Å². The first kappa shape index (κ1) is 15.8. The number of benzene rings is 1. The van der Waals surface area contributed by atoms with Gasteiger partial charge < -0.3 is 15.1 Å². The minimum Gasteiger partial charge on any atom is -0.478 e. The van der Waals surface area contributed by atoms with Crippen LogP contribution in [0.15, 0.2) is 48.7 Å². The molecule has 114 valence electrons. The van der Waals surface area contributed by atoms with Crippen LogP contribution in [0.2, 0.25) is 0 Å². The molecule has 0 saturated carbocycles. The lowest BCUT2D eigenvalue weighted by atomic mass is 10.0. The average molecular weight is 296 g/mol. The molecule has 0 aliphatic heterocycles. The molecule has 0 aliphatic rings. The number of fused-ring (bicyclic) bond motifs is 1. The van der Waals surface area contributed by atoms with Crippen LogP contribution in [0, 0.1) is 5.41 Å². The number of hydrogen-bond donors (Lipinski definition) is 2. The van der Waals surface area contributed by atoms with Gasteiger partial charge in [-0.25, -0.2) is 4.79 Å². The molecule has 2 N–H and O–H groups in total. The molecule has 2 aromatic rings. The Kier molecular flexibility index (Phi) is 4.61. The molecule has 0 saturated heterocycles. The summed E-state index contributed by atoms with van der Waals surface area (Å²) < 4.78 is 2.05. The minimum atomic E-state index is -0.920. The van der Waals surface area contributed by atoms with Crippen LogP contribution in [0.25, 0.3) is 10.9 Å². The Morgan fingerprint density at radius 3 is 2.73 bits per heavy atom. The molecule has 2 rings (SSSR count). The number of aromatic nitrogens is 1. The van der Waals surface area contributed by atoms with Gasteiger partial charge in [0.15, 0.2) is 0 Å². The van der Waals surface area contributed by atoms with E-state index in [1.54, 1.807) is 24.3 Å². The molecule has 22 heavy (non-hydrogen) atoms. The number of nitrogens with zero attached hydrogens (tertiary/aromatic N) is 1. The van der Waals surface area contributed by atoms with Crippen molar-refractivity contribution in [3.8, 4) is 0 Å². The third-order valence-electron chi connectivity index (χ3n) is 3.65. The number of carbonyl (C=O) groups is 1. The lowest BCUT2D eigenvalue weighted by Crippen LogP contribution is -2.01. The maximum atomic E-state index is 11.2. The van der Waals surface area contributed by atoms with Gasteiger partial charge in [0.2, 0.25) is 0 Å². The quantitative estimate of drug-likeness (QED) is 0.619. The highest BCUT2D eigenvalue weighted by Gasteiger charge is 2.14. The van der Waals surface area contributed by atoms with E-state index in [0.29, 0.717) is 18.0 Å². The third-order valence-corrected chi connectivity index (χ3v) is 3.65. The number of rotatable bonds is 6. The highest BCUT2D eigenvalue weighted by molar-refractivity contribution is 5.95. The van der Waals surface area contributed by atoms with Gasteiger partial charge in [-0.15, -0.1) is 0 Å². The second kappa shape index (κ2) is 6.43. The van der Waals surface area contributed by atoms with E-state index in [4.69, 9.17) is 5.41 Å². The molecule has 0 bridgehead atoms. The van der Waals surface area contributed by atoms with Crippen molar-refractivity contribution in [3.05, 3.63) is 59.8 Å². The van der Waals surface area contributed by atoms with E-state index in [1.807, 2.05) is 12.3 Å². The van der Waals surface area contributed by atoms with Crippen molar-refractivity contribution in [2.45, 2.75) is 26.3 Å². The number of carboxylic acids is 1. The fourth-order valence-electron chi connectivity index (χ4n) is 2.54. The lowest BCUT2D eigenvalue weighted by molar-refractivity contribution is 0.0697. The first-order valence-corrected chi connectivity index (χ1v) is 7.16. The smallest absolute Gasteiger partial charge is 0.335 e. The van der Waals surface area contributed by atoms with Gasteiger partial charge in [0.25, 0.3) is 0 Å². The SMILES string of the molecule is C=C/C=C(\C=N)Cn1cc(C(C)C)c2cc(C(=O)O)ccc21. The lowest BCUT2D eigenvalue weighted by Gasteiger charge is -2.05. The fourth-order valence-corrected chi connectivity index (χ4v) is 2.54. The van der Waals surface area contributed by atoms with Crippen molar-refractivity contribution in [1.82, 2.24) is 4.57 Å². The summed E-state index contributed by atoms with van der Waals surface area (Å²) in [6.45, 7) is 8.40. The summed E-state index contributed by atoms with van der Waals surface area (Å²) in [6.07, 6.45) is 6.83. The van der Waals surface area contributed by atoms with Crippen LogP contribution in [-0.2, 0) is 6.54 Å². The zero-order chi connectivity index (χ0) is 16.3.